The molecule has 116 valence electrons. The number of hydrogen-bond acceptors (Lipinski definition) is 3. The van der Waals surface area contributed by atoms with Gasteiger partial charge in [0.15, 0.2) is 0 Å². The van der Waals surface area contributed by atoms with E-state index in [0.717, 1.165) is 25.7 Å². The number of nitrogens with one attached hydrogen (secondary N) is 2. The van der Waals surface area contributed by atoms with Crippen molar-refractivity contribution in [2.24, 2.45) is 11.3 Å². The molecule has 1 aliphatic carbocycles. The zero-order chi connectivity index (χ0) is 15.3. The van der Waals surface area contributed by atoms with Gasteiger partial charge in [-0.2, -0.15) is 0 Å². The summed E-state index contributed by atoms with van der Waals surface area (Å²) in [6.45, 7) is 7.59. The summed E-state index contributed by atoms with van der Waals surface area (Å²) in [6.07, 6.45) is 3.61. The van der Waals surface area contributed by atoms with E-state index in [1.165, 1.54) is 0 Å². The lowest BCUT2D eigenvalue weighted by Gasteiger charge is -2.28. The Kier molecular flexibility index (Phi) is 5.99. The molecule has 1 aliphatic rings. The second-order valence-corrected chi connectivity index (χ2v) is 6.80. The lowest BCUT2D eigenvalue weighted by molar-refractivity contribution is -0.133. The Morgan fingerprint density at radius 1 is 1.25 bits per heavy atom. The molecule has 0 aromatic carbocycles. The minimum Gasteiger partial charge on any atom is -0.393 e. The first kappa shape index (κ1) is 17.0. The summed E-state index contributed by atoms with van der Waals surface area (Å²) in [5.74, 6) is -0.198. The summed E-state index contributed by atoms with van der Waals surface area (Å²) in [5, 5.41) is 15.4. The predicted octanol–water partition coefficient (Wildman–Crippen LogP) is 1.20. The van der Waals surface area contributed by atoms with Crippen LogP contribution in [0.1, 0.15) is 53.4 Å². The Hall–Kier alpha value is -1.10. The minimum absolute atomic E-state index is 0.137. The standard InChI is InChI=1S/C15H28N2O3/c1-10(17-14(20)15(2,3)4)13(19)16-9-11-7-5-6-8-12(11)18/h10-12,18H,5-9H2,1-4H3,(H,16,19)(H,17,20). The number of carbonyl (C=O) groups excluding carboxylic acids is 2. The van der Waals surface area contributed by atoms with E-state index in [2.05, 4.69) is 10.6 Å². The van der Waals surface area contributed by atoms with Crippen LogP contribution in [0.2, 0.25) is 0 Å². The number of rotatable bonds is 4. The molecule has 0 aromatic rings. The average Bonchev–Trinajstić information content (AvgIpc) is 2.36. The molecule has 0 aromatic heterocycles. The van der Waals surface area contributed by atoms with Crippen LogP contribution in [0, 0.1) is 11.3 Å². The lowest BCUT2D eigenvalue weighted by Crippen LogP contribution is -2.49. The van der Waals surface area contributed by atoms with Gasteiger partial charge in [0.05, 0.1) is 6.10 Å². The van der Waals surface area contributed by atoms with Crippen LogP contribution < -0.4 is 10.6 Å². The monoisotopic (exact) mass is 284 g/mol. The Bertz CT molecular complexity index is 350. The third-order valence-electron chi connectivity index (χ3n) is 3.83. The molecular formula is C15H28N2O3. The topological polar surface area (TPSA) is 78.4 Å². The van der Waals surface area contributed by atoms with Crippen LogP contribution >= 0.6 is 0 Å². The highest BCUT2D eigenvalue weighted by Gasteiger charge is 2.27. The fraction of sp³-hybridized carbons (Fsp3) is 0.867. The first-order valence-corrected chi connectivity index (χ1v) is 7.48. The van der Waals surface area contributed by atoms with E-state index in [0.29, 0.717) is 6.54 Å². The predicted molar refractivity (Wildman–Crippen MR) is 78.0 cm³/mol. The molecule has 1 rings (SSSR count). The molecule has 0 heterocycles. The molecule has 1 saturated carbocycles. The first-order chi connectivity index (χ1) is 9.21. The minimum atomic E-state index is -0.553. The summed E-state index contributed by atoms with van der Waals surface area (Å²) >= 11 is 0. The van der Waals surface area contributed by atoms with Crippen molar-refractivity contribution in [1.82, 2.24) is 10.6 Å². The Balaban J connectivity index is 2.36. The van der Waals surface area contributed by atoms with Gasteiger partial charge in [-0.15, -0.1) is 0 Å². The van der Waals surface area contributed by atoms with E-state index in [4.69, 9.17) is 0 Å². The van der Waals surface area contributed by atoms with Crippen LogP contribution in [0.5, 0.6) is 0 Å². The van der Waals surface area contributed by atoms with Crippen LogP contribution in [-0.4, -0.2) is 35.6 Å². The maximum absolute atomic E-state index is 11.9. The summed E-state index contributed by atoms with van der Waals surface area (Å²) in [7, 11) is 0. The number of hydrogen-bond donors (Lipinski definition) is 3. The normalized spacial score (nSPS) is 24.9. The van der Waals surface area contributed by atoms with Crippen LogP contribution in [0.25, 0.3) is 0 Å². The molecule has 0 spiro atoms. The van der Waals surface area contributed by atoms with Crippen LogP contribution in [-0.2, 0) is 9.59 Å². The maximum atomic E-state index is 11.9. The van der Waals surface area contributed by atoms with Gasteiger partial charge in [0.1, 0.15) is 6.04 Å². The highest BCUT2D eigenvalue weighted by molar-refractivity contribution is 5.89. The summed E-state index contributed by atoms with van der Waals surface area (Å²) in [6, 6.07) is -0.553. The fourth-order valence-electron chi connectivity index (χ4n) is 2.29. The number of amides is 2. The van der Waals surface area contributed by atoms with Crippen LogP contribution in [0.15, 0.2) is 0 Å². The first-order valence-electron chi connectivity index (χ1n) is 7.48. The highest BCUT2D eigenvalue weighted by Crippen LogP contribution is 2.23. The van der Waals surface area contributed by atoms with Crippen LogP contribution in [0.3, 0.4) is 0 Å². The zero-order valence-corrected chi connectivity index (χ0v) is 13.0. The van der Waals surface area contributed by atoms with E-state index in [9.17, 15) is 14.7 Å². The SMILES string of the molecule is CC(NC(=O)C(C)(C)C)C(=O)NCC1CCCCC1O. The van der Waals surface area contributed by atoms with E-state index in [-0.39, 0.29) is 23.8 Å². The molecule has 1 fully saturated rings. The van der Waals surface area contributed by atoms with Crippen LogP contribution in [0.4, 0.5) is 0 Å². The van der Waals surface area contributed by atoms with E-state index >= 15 is 0 Å². The van der Waals surface area contributed by atoms with Crippen molar-refractivity contribution in [3.05, 3.63) is 0 Å². The second-order valence-electron chi connectivity index (χ2n) is 6.80. The Morgan fingerprint density at radius 2 is 1.85 bits per heavy atom. The number of carbonyl (C=O) groups is 2. The van der Waals surface area contributed by atoms with Gasteiger partial charge < -0.3 is 15.7 Å². The Morgan fingerprint density at radius 3 is 2.40 bits per heavy atom. The molecule has 2 amide bonds. The van der Waals surface area contributed by atoms with Gasteiger partial charge in [-0.25, -0.2) is 0 Å². The van der Waals surface area contributed by atoms with Gasteiger partial charge in [-0.1, -0.05) is 33.6 Å². The summed E-state index contributed by atoms with van der Waals surface area (Å²) in [5.41, 5.74) is -0.506. The molecule has 3 N–H and O–H groups in total. The highest BCUT2D eigenvalue weighted by atomic mass is 16.3. The van der Waals surface area contributed by atoms with Crippen molar-refractivity contribution >= 4 is 11.8 Å². The number of aliphatic hydroxyl groups is 1. The van der Waals surface area contributed by atoms with Gasteiger partial charge >= 0.3 is 0 Å². The average molecular weight is 284 g/mol. The van der Waals surface area contributed by atoms with E-state index in [1.54, 1.807) is 6.92 Å². The van der Waals surface area contributed by atoms with Crippen molar-refractivity contribution in [3.8, 4) is 0 Å². The quantitative estimate of drug-likeness (QED) is 0.726. The fourth-order valence-corrected chi connectivity index (χ4v) is 2.29. The zero-order valence-electron chi connectivity index (χ0n) is 13.0. The molecule has 0 aliphatic heterocycles. The van der Waals surface area contributed by atoms with Crippen molar-refractivity contribution in [1.29, 1.82) is 0 Å². The summed E-state index contributed by atoms with van der Waals surface area (Å²) in [4.78, 5) is 23.8. The molecule has 0 saturated heterocycles. The van der Waals surface area contributed by atoms with E-state index in [1.807, 2.05) is 20.8 Å². The smallest absolute Gasteiger partial charge is 0.242 e. The summed E-state index contributed by atoms with van der Waals surface area (Å²) < 4.78 is 0. The largest absolute Gasteiger partial charge is 0.393 e. The molecule has 0 radical (unpaired) electrons. The van der Waals surface area contributed by atoms with Gasteiger partial charge in [0.2, 0.25) is 11.8 Å². The van der Waals surface area contributed by atoms with Crippen molar-refractivity contribution in [2.75, 3.05) is 6.54 Å². The second kappa shape index (κ2) is 7.07. The molecule has 5 heteroatoms. The lowest BCUT2D eigenvalue weighted by atomic mass is 9.86. The molecule has 20 heavy (non-hydrogen) atoms. The van der Waals surface area contributed by atoms with Gasteiger partial charge in [-0.05, 0) is 19.8 Å². The third-order valence-corrected chi connectivity index (χ3v) is 3.83. The van der Waals surface area contributed by atoms with Gasteiger partial charge in [0, 0.05) is 17.9 Å². The molecule has 3 atom stereocenters. The molecule has 3 unspecified atom stereocenters. The van der Waals surface area contributed by atoms with Crippen molar-refractivity contribution < 1.29 is 14.7 Å². The van der Waals surface area contributed by atoms with Gasteiger partial charge in [-0.3, -0.25) is 9.59 Å². The third kappa shape index (κ3) is 5.12. The Labute approximate surface area is 121 Å². The maximum Gasteiger partial charge on any atom is 0.242 e. The van der Waals surface area contributed by atoms with E-state index < -0.39 is 11.5 Å². The van der Waals surface area contributed by atoms with Crippen molar-refractivity contribution in [2.45, 2.75) is 65.5 Å². The van der Waals surface area contributed by atoms with Crippen molar-refractivity contribution in [3.63, 3.8) is 0 Å². The van der Waals surface area contributed by atoms with Gasteiger partial charge in [0.25, 0.3) is 0 Å². The molecule has 0 bridgehead atoms. The molecule has 5 nitrogen and oxygen atoms in total. The number of aliphatic hydroxyl groups excluding tert-OH is 1. The molecular weight excluding hydrogens is 256 g/mol.